The Bertz CT molecular complexity index is 1540. The molecule has 228 valence electrons. The van der Waals surface area contributed by atoms with Crippen molar-refractivity contribution >= 4 is 58.6 Å². The number of hydrogen-bond donors (Lipinski definition) is 3. The van der Waals surface area contributed by atoms with Crippen LogP contribution in [-0.2, 0) is 16.1 Å². The molecule has 2 fully saturated rings. The zero-order chi connectivity index (χ0) is 31.4. The largest absolute Gasteiger partial charge is 0.494 e. The highest BCUT2D eigenvalue weighted by Crippen LogP contribution is 2.37. The van der Waals surface area contributed by atoms with Gasteiger partial charge in [0.1, 0.15) is 23.5 Å². The number of aromatic nitrogens is 4. The van der Waals surface area contributed by atoms with Crippen molar-refractivity contribution in [1.29, 1.82) is 0 Å². The van der Waals surface area contributed by atoms with Crippen molar-refractivity contribution in [1.82, 2.24) is 35.5 Å². The summed E-state index contributed by atoms with van der Waals surface area (Å²) < 4.78 is 16.1. The van der Waals surface area contributed by atoms with Crippen LogP contribution < -0.4 is 20.7 Å². The summed E-state index contributed by atoms with van der Waals surface area (Å²) in [6.07, 6.45) is 1.34. The molecule has 1 aromatic carbocycles. The fraction of sp³-hybridized carbons (Fsp3) is 0.423. The van der Waals surface area contributed by atoms with Gasteiger partial charge in [-0.15, -0.1) is 10.2 Å². The first-order chi connectivity index (χ1) is 21.0. The van der Waals surface area contributed by atoms with E-state index in [2.05, 4.69) is 41.2 Å². The van der Waals surface area contributed by atoms with Crippen molar-refractivity contribution in [2.75, 3.05) is 51.0 Å². The lowest BCUT2D eigenvalue weighted by Crippen LogP contribution is -2.50. The van der Waals surface area contributed by atoms with E-state index in [-0.39, 0.29) is 29.4 Å². The fourth-order valence-corrected chi connectivity index (χ4v) is 4.70. The molecule has 3 aromatic rings. The van der Waals surface area contributed by atoms with Gasteiger partial charge in [-0.05, 0) is 30.2 Å². The maximum Gasteiger partial charge on any atom is 0.409 e. The van der Waals surface area contributed by atoms with E-state index in [1.807, 2.05) is 23.5 Å². The van der Waals surface area contributed by atoms with Crippen LogP contribution in [0.15, 0.2) is 28.8 Å². The molecule has 2 aromatic heterocycles. The van der Waals surface area contributed by atoms with Crippen LogP contribution in [0.4, 0.5) is 22.0 Å². The third-order valence-corrected chi connectivity index (χ3v) is 7.06. The van der Waals surface area contributed by atoms with E-state index < -0.39 is 11.1 Å². The van der Waals surface area contributed by atoms with Gasteiger partial charge in [0.25, 0.3) is 5.91 Å². The molecular formula is C26H34B3N9O6. The second-order valence-corrected chi connectivity index (χ2v) is 11.7. The lowest BCUT2D eigenvalue weighted by molar-refractivity contribution is -0.117. The molecule has 3 amide bonds. The zero-order valence-electron chi connectivity index (χ0n) is 25.5. The smallest absolute Gasteiger partial charge is 0.409 e. The molecule has 0 radical (unpaired) electrons. The maximum absolute atomic E-state index is 13.2. The number of carbonyl (C=O) groups excluding carboxylic acids is 3. The second-order valence-electron chi connectivity index (χ2n) is 11.7. The molecule has 3 N–H and O–H groups in total. The van der Waals surface area contributed by atoms with Gasteiger partial charge in [-0.3, -0.25) is 14.5 Å². The molecule has 1 aliphatic carbocycles. The van der Waals surface area contributed by atoms with E-state index in [1.54, 1.807) is 29.2 Å². The average Bonchev–Trinajstić information content (AvgIpc) is 3.75. The number of methoxy groups -OCH3 is 2. The molecule has 5 rings (SSSR count). The Morgan fingerprint density at radius 2 is 1.82 bits per heavy atom. The predicted octanol–water partition coefficient (Wildman–Crippen LogP) is -1.25. The summed E-state index contributed by atoms with van der Waals surface area (Å²) in [5, 5.41) is 20.8. The number of carbonyl (C=O) groups is 3. The summed E-state index contributed by atoms with van der Waals surface area (Å²) in [6.45, 7) is 2.79. The molecule has 1 saturated heterocycles. The quantitative estimate of drug-likeness (QED) is 0.236. The number of piperazine rings is 1. The number of ether oxygens (including phenoxy) is 2. The van der Waals surface area contributed by atoms with Gasteiger partial charge in [-0.2, -0.15) is 4.98 Å². The number of anilines is 3. The Morgan fingerprint density at radius 1 is 1.07 bits per heavy atom. The molecule has 0 unspecified atom stereocenters. The predicted molar refractivity (Wildman–Crippen MR) is 168 cm³/mol. The van der Waals surface area contributed by atoms with Gasteiger partial charge >= 0.3 is 6.09 Å². The topological polar surface area (TPSA) is 177 Å². The first-order valence-electron chi connectivity index (χ1n) is 14.4. The van der Waals surface area contributed by atoms with Crippen LogP contribution in [0.2, 0.25) is 0 Å². The summed E-state index contributed by atoms with van der Waals surface area (Å²) in [6, 6.07) is 6.94. The van der Waals surface area contributed by atoms with Gasteiger partial charge in [0, 0.05) is 38.2 Å². The molecular weight excluding hydrogens is 567 g/mol. The van der Waals surface area contributed by atoms with Gasteiger partial charge < -0.3 is 34.8 Å². The normalized spacial score (nSPS) is 15.4. The van der Waals surface area contributed by atoms with Crippen molar-refractivity contribution in [3.8, 4) is 17.1 Å². The Morgan fingerprint density at radius 3 is 2.48 bits per heavy atom. The molecule has 0 bridgehead atoms. The highest BCUT2D eigenvalue weighted by Gasteiger charge is 2.30. The van der Waals surface area contributed by atoms with Gasteiger partial charge in [0.15, 0.2) is 17.3 Å². The number of hydrogen-bond acceptors (Lipinski definition) is 12. The number of rotatable bonds is 10. The minimum atomic E-state index is -0.516. The molecule has 2 aliphatic rings. The van der Waals surface area contributed by atoms with E-state index >= 15 is 0 Å². The lowest BCUT2D eigenvalue weighted by atomic mass is 9.49. The van der Waals surface area contributed by atoms with Crippen molar-refractivity contribution in [2.24, 2.45) is 5.92 Å². The van der Waals surface area contributed by atoms with Crippen LogP contribution in [0.25, 0.3) is 11.4 Å². The third kappa shape index (κ3) is 7.48. The SMILES string of the molecule is BC(B)(B)NC(=O)c1nnc(NC(=O)C2CC2)cc1Nc1cccc(-c2noc(CN3CCN(C(=O)OC)CC3)n2)c1OC. The Kier molecular flexibility index (Phi) is 9.08. The van der Waals surface area contributed by atoms with Crippen LogP contribution in [0, 0.1) is 5.92 Å². The Labute approximate surface area is 257 Å². The van der Waals surface area contributed by atoms with E-state index in [9.17, 15) is 14.4 Å². The highest BCUT2D eigenvalue weighted by molar-refractivity contribution is 6.60. The van der Waals surface area contributed by atoms with Gasteiger partial charge in [-0.1, -0.05) is 11.2 Å². The number of para-hydroxylation sites is 1. The highest BCUT2D eigenvalue weighted by atomic mass is 16.5. The second kappa shape index (κ2) is 13.0. The Balaban J connectivity index is 1.37. The lowest BCUT2D eigenvalue weighted by Gasteiger charge is -2.32. The maximum atomic E-state index is 13.2. The summed E-state index contributed by atoms with van der Waals surface area (Å²) in [7, 11) is 8.48. The molecule has 3 heterocycles. The molecule has 1 aliphatic heterocycles. The summed E-state index contributed by atoms with van der Waals surface area (Å²) in [5.74, 6) is 0.786. The van der Waals surface area contributed by atoms with Crippen LogP contribution >= 0.6 is 0 Å². The van der Waals surface area contributed by atoms with Crippen molar-refractivity contribution in [2.45, 2.75) is 24.6 Å². The number of benzene rings is 1. The molecule has 44 heavy (non-hydrogen) atoms. The summed E-state index contributed by atoms with van der Waals surface area (Å²) >= 11 is 0. The van der Waals surface area contributed by atoms with Crippen LogP contribution in [0.5, 0.6) is 5.75 Å². The number of nitrogens with one attached hydrogen (secondary N) is 3. The van der Waals surface area contributed by atoms with Crippen LogP contribution in [0.1, 0.15) is 29.2 Å². The standard InChI is InChI=1S/C26H34B3N9O6/c1-42-21-15(22-32-19(44-36-22)13-37-8-10-38(11-9-37)25(41)43-2)4-3-5-16(21)30-17-12-18(31-23(39)14-6-7-14)34-35-20(17)24(40)33-26(27,28)29/h3-5,12,14H,6-11,13,27-29H2,1-2H3,(H,33,40)(H2,30,31,34,39). The molecule has 18 heteroatoms. The van der Waals surface area contributed by atoms with Gasteiger partial charge in [-0.25, -0.2) is 4.79 Å². The summed E-state index contributed by atoms with van der Waals surface area (Å²) in [4.78, 5) is 45.7. The van der Waals surface area contributed by atoms with Crippen LogP contribution in [-0.4, -0.2) is 117 Å². The van der Waals surface area contributed by atoms with E-state index in [0.717, 1.165) is 12.8 Å². The van der Waals surface area contributed by atoms with Crippen LogP contribution in [0.3, 0.4) is 0 Å². The molecule has 1 saturated carbocycles. The summed E-state index contributed by atoms with van der Waals surface area (Å²) in [5.41, 5.74) is 1.44. The fourth-order valence-electron chi connectivity index (χ4n) is 4.70. The van der Waals surface area contributed by atoms with Crippen molar-refractivity contribution in [3.63, 3.8) is 0 Å². The van der Waals surface area contributed by atoms with Gasteiger partial charge in [0.05, 0.1) is 37.7 Å². The van der Waals surface area contributed by atoms with E-state index in [4.69, 9.17) is 14.0 Å². The first-order valence-corrected chi connectivity index (χ1v) is 14.4. The minimum absolute atomic E-state index is 0.0295. The average molecular weight is 601 g/mol. The molecule has 15 nitrogen and oxygen atoms in total. The first kappa shape index (κ1) is 30.8. The van der Waals surface area contributed by atoms with Crippen molar-refractivity contribution in [3.05, 3.63) is 35.9 Å². The minimum Gasteiger partial charge on any atom is -0.494 e. The van der Waals surface area contributed by atoms with E-state index in [0.29, 0.717) is 67.1 Å². The molecule has 0 spiro atoms. The number of nitrogens with zero attached hydrogens (tertiary/aromatic N) is 6. The zero-order valence-corrected chi connectivity index (χ0v) is 25.5. The van der Waals surface area contributed by atoms with Gasteiger partial charge in [0.2, 0.25) is 17.6 Å². The Hall–Kier alpha value is -4.60. The monoisotopic (exact) mass is 601 g/mol. The molecule has 0 atom stereocenters. The number of amides is 3. The van der Waals surface area contributed by atoms with E-state index in [1.165, 1.54) is 14.2 Å². The van der Waals surface area contributed by atoms with Crippen molar-refractivity contribution < 1.29 is 28.4 Å². The third-order valence-electron chi connectivity index (χ3n) is 7.06.